The average molecular weight is 971 g/mol. The van der Waals surface area contributed by atoms with Gasteiger partial charge in [-0.05, 0) is 108 Å². The molecule has 1 aliphatic heterocycles. The Morgan fingerprint density at radius 2 is 1.25 bits per heavy atom. The molecule has 1 saturated heterocycles. The Hall–Kier alpha value is -4.26. The number of hydrogen-bond donors (Lipinski definition) is 7. The number of rotatable bonds is 17. The summed E-state index contributed by atoms with van der Waals surface area (Å²) in [5, 5.41) is 48.9. The van der Waals surface area contributed by atoms with Crippen LogP contribution in [0, 0.1) is 18.8 Å². The molecule has 18 heteroatoms. The number of piperidine rings is 1. The Labute approximate surface area is 402 Å². The van der Waals surface area contributed by atoms with E-state index in [1.807, 2.05) is 0 Å². The molecular weight excluding hydrogens is 901 g/mol. The van der Waals surface area contributed by atoms with Gasteiger partial charge in [0.2, 0.25) is 0 Å². The highest BCUT2D eigenvalue weighted by atomic mass is 35.5. The summed E-state index contributed by atoms with van der Waals surface area (Å²) in [6.07, 6.45) is 18.1. The lowest BCUT2D eigenvalue weighted by molar-refractivity contribution is 0.0300. The zero-order chi connectivity index (χ0) is 47.9. The molecule has 2 aliphatic carbocycles. The third-order valence-corrected chi connectivity index (χ3v) is 14.0. The number of nitrogens with one attached hydrogen (secondary N) is 3. The van der Waals surface area contributed by atoms with E-state index in [4.69, 9.17) is 33.0 Å². The third-order valence-electron chi connectivity index (χ3n) is 13.3. The van der Waals surface area contributed by atoms with Crippen LogP contribution in [0.4, 0.5) is 0 Å². The number of imidazole rings is 2. The van der Waals surface area contributed by atoms with E-state index in [0.717, 1.165) is 96.6 Å². The van der Waals surface area contributed by atoms with Gasteiger partial charge in [0.15, 0.2) is 0 Å². The maximum absolute atomic E-state index is 13.0. The fourth-order valence-electron chi connectivity index (χ4n) is 9.23. The Balaban J connectivity index is 0.000000222. The van der Waals surface area contributed by atoms with E-state index in [-0.39, 0.29) is 64.0 Å². The lowest BCUT2D eigenvalue weighted by Gasteiger charge is -2.22. The first kappa shape index (κ1) is 52.1. The van der Waals surface area contributed by atoms with Crippen LogP contribution < -0.4 is 27.3 Å². The lowest BCUT2D eigenvalue weighted by Crippen LogP contribution is -2.40. The summed E-state index contributed by atoms with van der Waals surface area (Å²) in [7, 11) is 0. The van der Waals surface area contributed by atoms with Crippen LogP contribution in [0.2, 0.25) is 10.0 Å². The SMILES string of the molecule is Cc1cn(-c2ccc(Cl)c(C(=O)NC(O)C3CCCCCC3)c2)c(=O)n1CCC(O)CO.O=C(NC(O)C1CCCCCC1)c1cc(-n2ccn(CCCOC3CCNCC3)c2=O)ccc1Cl. The van der Waals surface area contributed by atoms with Crippen molar-refractivity contribution >= 4 is 35.0 Å². The molecule has 3 aliphatic rings. The van der Waals surface area contributed by atoms with E-state index < -0.39 is 30.4 Å². The van der Waals surface area contributed by atoms with Gasteiger partial charge < -0.3 is 41.1 Å². The molecule has 2 aromatic heterocycles. The van der Waals surface area contributed by atoms with E-state index in [2.05, 4.69) is 16.0 Å². The summed E-state index contributed by atoms with van der Waals surface area (Å²) < 4.78 is 12.0. The first-order valence-corrected chi connectivity index (χ1v) is 24.9. The van der Waals surface area contributed by atoms with Crippen molar-refractivity contribution in [2.24, 2.45) is 11.8 Å². The number of hydrogen-bond acceptors (Lipinski definition) is 10. The number of amides is 2. The smallest absolute Gasteiger partial charge is 0.332 e. The monoisotopic (exact) mass is 969 g/mol. The van der Waals surface area contributed by atoms with Crippen LogP contribution in [0.5, 0.6) is 0 Å². The third kappa shape index (κ3) is 14.6. The molecule has 368 valence electrons. The highest BCUT2D eigenvalue weighted by molar-refractivity contribution is 6.34. The van der Waals surface area contributed by atoms with Crippen molar-refractivity contribution in [3.8, 4) is 11.4 Å². The number of halogens is 2. The number of carbonyl (C=O) groups is 2. The van der Waals surface area contributed by atoms with Crippen molar-refractivity contribution in [2.75, 3.05) is 26.3 Å². The maximum Gasteiger partial charge on any atom is 0.332 e. The van der Waals surface area contributed by atoms with E-state index in [1.165, 1.54) is 32.6 Å². The largest absolute Gasteiger partial charge is 0.394 e. The van der Waals surface area contributed by atoms with Gasteiger partial charge in [0.1, 0.15) is 12.5 Å². The van der Waals surface area contributed by atoms with Crippen molar-refractivity contribution in [2.45, 2.75) is 147 Å². The number of aliphatic hydroxyl groups is 4. The molecular formula is C49H69Cl2N7O9. The number of carbonyl (C=O) groups excluding carboxylic acids is 2. The molecule has 2 amide bonds. The number of aryl methyl sites for hydroxylation is 2. The Kier molecular flexibility index (Phi) is 20.2. The maximum atomic E-state index is 13.0. The van der Waals surface area contributed by atoms with Gasteiger partial charge in [-0.3, -0.25) is 27.9 Å². The summed E-state index contributed by atoms with van der Waals surface area (Å²) >= 11 is 12.6. The minimum atomic E-state index is -0.940. The zero-order valence-electron chi connectivity index (χ0n) is 38.6. The van der Waals surface area contributed by atoms with Gasteiger partial charge in [0, 0.05) is 55.8 Å². The second-order valence-corrected chi connectivity index (χ2v) is 19.0. The quantitative estimate of drug-likeness (QED) is 0.0382. The minimum Gasteiger partial charge on any atom is -0.394 e. The molecule has 2 saturated carbocycles. The number of nitrogens with zero attached hydrogens (tertiary/aromatic N) is 4. The van der Waals surface area contributed by atoms with Crippen molar-refractivity contribution in [1.29, 1.82) is 0 Å². The van der Waals surface area contributed by atoms with Crippen molar-refractivity contribution in [3.63, 3.8) is 0 Å². The molecule has 3 heterocycles. The van der Waals surface area contributed by atoms with Crippen LogP contribution in [0.25, 0.3) is 11.4 Å². The van der Waals surface area contributed by atoms with Gasteiger partial charge in [-0.2, -0.15) is 0 Å². The minimum absolute atomic E-state index is 0.0250. The number of aliphatic hydroxyl groups excluding tert-OH is 4. The first-order chi connectivity index (χ1) is 32.3. The second kappa shape index (κ2) is 25.9. The summed E-state index contributed by atoms with van der Waals surface area (Å²) in [6, 6.07) is 9.66. The van der Waals surface area contributed by atoms with E-state index in [9.17, 15) is 34.5 Å². The Morgan fingerprint density at radius 1 is 0.731 bits per heavy atom. The van der Waals surface area contributed by atoms with Crippen LogP contribution in [-0.2, 0) is 17.8 Å². The van der Waals surface area contributed by atoms with E-state index >= 15 is 0 Å². The van der Waals surface area contributed by atoms with Gasteiger partial charge in [-0.1, -0.05) is 74.6 Å². The van der Waals surface area contributed by atoms with E-state index in [0.29, 0.717) is 36.3 Å². The topological polar surface area (TPSA) is 214 Å². The van der Waals surface area contributed by atoms with Crippen molar-refractivity contribution in [1.82, 2.24) is 34.2 Å². The number of ether oxygens (including phenoxy) is 1. The van der Waals surface area contributed by atoms with Gasteiger partial charge in [-0.15, -0.1) is 0 Å². The molecule has 3 unspecified atom stereocenters. The average Bonchev–Trinajstić information content (AvgIpc) is 3.55. The molecule has 3 atom stereocenters. The number of aromatic nitrogens is 4. The van der Waals surface area contributed by atoms with Crippen molar-refractivity contribution < 1.29 is 34.8 Å². The van der Waals surface area contributed by atoms with Crippen LogP contribution in [0.15, 0.2) is 64.6 Å². The van der Waals surface area contributed by atoms with Crippen LogP contribution in [0.1, 0.15) is 129 Å². The Morgan fingerprint density at radius 3 is 1.78 bits per heavy atom. The summed E-state index contributed by atoms with van der Waals surface area (Å²) in [6.45, 7) is 4.84. The fraction of sp³-hybridized carbons (Fsp3) is 0.592. The predicted molar refractivity (Wildman–Crippen MR) is 258 cm³/mol. The molecule has 16 nitrogen and oxygen atoms in total. The lowest BCUT2D eigenvalue weighted by atomic mass is 9.98. The van der Waals surface area contributed by atoms with Gasteiger partial charge in [0.05, 0.1) is 51.4 Å². The molecule has 4 aromatic rings. The van der Waals surface area contributed by atoms with Crippen molar-refractivity contribution in [3.05, 3.63) is 103 Å². The second-order valence-electron chi connectivity index (χ2n) is 18.2. The summed E-state index contributed by atoms with van der Waals surface area (Å²) in [5.41, 5.74) is 1.64. The van der Waals surface area contributed by atoms with E-state index in [1.54, 1.807) is 60.4 Å². The first-order valence-electron chi connectivity index (χ1n) is 24.1. The molecule has 0 bridgehead atoms. The van der Waals surface area contributed by atoms with Gasteiger partial charge in [0.25, 0.3) is 11.8 Å². The van der Waals surface area contributed by atoms with Crippen LogP contribution in [0.3, 0.4) is 0 Å². The molecule has 0 radical (unpaired) electrons. The standard InChI is InChI=1S/C26H37ClN4O4.C23H32ClN3O5/c27-23-9-8-20(18-22(23)25(33)29-24(32)19-6-3-1-2-4-7-19)31-16-15-30(26(31)34)14-5-17-35-21-10-12-28-13-11-21;1-15-13-27(23(32)26(15)11-10-18(29)14-28)17-8-9-20(24)19(12-17)22(31)25-21(30)16-6-4-2-3-5-7-16/h8-9,15-16,18-19,21,24,28,32H,1-7,10-14,17H2,(H,29,33);8-9,12-13,16,18,21,28-30H,2-7,10-11,14H2,1H3,(H,25,31). The highest BCUT2D eigenvalue weighted by Crippen LogP contribution is 2.28. The predicted octanol–water partition coefficient (Wildman–Crippen LogP) is 5.83. The number of benzene rings is 2. The van der Waals surface area contributed by atoms with Gasteiger partial charge in [-0.25, -0.2) is 9.59 Å². The molecule has 67 heavy (non-hydrogen) atoms. The fourth-order valence-corrected chi connectivity index (χ4v) is 9.64. The van der Waals surface area contributed by atoms with Crippen LogP contribution in [-0.4, -0.2) is 101 Å². The highest BCUT2D eigenvalue weighted by Gasteiger charge is 2.26. The summed E-state index contributed by atoms with van der Waals surface area (Å²) in [5.74, 6) is -0.837. The van der Waals surface area contributed by atoms with Gasteiger partial charge >= 0.3 is 11.4 Å². The normalized spacial score (nSPS) is 18.0. The molecule has 3 fully saturated rings. The zero-order valence-corrected chi connectivity index (χ0v) is 40.1. The molecule has 2 aromatic carbocycles. The summed E-state index contributed by atoms with van der Waals surface area (Å²) in [4.78, 5) is 51.6. The van der Waals surface area contributed by atoms with Crippen LogP contribution >= 0.6 is 23.2 Å². The Bertz CT molecular complexity index is 2320. The molecule has 7 rings (SSSR count). The molecule has 7 N–H and O–H groups in total. The molecule has 0 spiro atoms.